The average Bonchev–Trinajstić information content (AvgIpc) is 2.75. The Morgan fingerprint density at radius 2 is 1.57 bits per heavy atom. The van der Waals surface area contributed by atoms with Gasteiger partial charge in [-0.3, -0.25) is 14.5 Å². The fraction of sp³-hybridized carbons (Fsp3) is 0.294. The molecule has 0 bridgehead atoms. The molecule has 1 aromatic heterocycles. The first kappa shape index (κ1) is 15.7. The molecule has 0 spiro atoms. The maximum Gasteiger partial charge on any atom is 0.261 e. The predicted octanol–water partition coefficient (Wildman–Crippen LogP) is 2.87. The fourth-order valence-corrected chi connectivity index (χ4v) is 3.46. The molecular formula is C17H17N3O2S. The molecule has 1 aromatic carbocycles. The number of imide groups is 1. The molecule has 2 heterocycles. The van der Waals surface area contributed by atoms with Crippen LogP contribution in [-0.4, -0.2) is 39.0 Å². The number of carbonyl (C=O) groups excluding carboxylic acids is 2. The third kappa shape index (κ3) is 3.27. The van der Waals surface area contributed by atoms with Gasteiger partial charge in [0.05, 0.1) is 11.1 Å². The number of hydrogen-bond donors (Lipinski definition) is 0. The lowest BCUT2D eigenvalue weighted by atomic mass is 10.1. The second kappa shape index (κ2) is 6.50. The van der Waals surface area contributed by atoms with Crippen molar-refractivity contribution in [2.75, 3.05) is 12.3 Å². The van der Waals surface area contributed by atoms with Gasteiger partial charge in [0, 0.05) is 23.7 Å². The Hall–Kier alpha value is -2.21. The van der Waals surface area contributed by atoms with Crippen LogP contribution in [0.15, 0.2) is 35.5 Å². The van der Waals surface area contributed by atoms with Gasteiger partial charge in [0.2, 0.25) is 0 Å². The van der Waals surface area contributed by atoms with E-state index in [4.69, 9.17) is 0 Å². The first-order chi connectivity index (χ1) is 11.1. The van der Waals surface area contributed by atoms with E-state index in [-0.39, 0.29) is 11.8 Å². The van der Waals surface area contributed by atoms with Crippen LogP contribution in [-0.2, 0) is 0 Å². The van der Waals surface area contributed by atoms with Crippen molar-refractivity contribution in [2.24, 2.45) is 0 Å². The lowest BCUT2D eigenvalue weighted by Gasteiger charge is -2.13. The molecule has 0 radical (unpaired) electrons. The van der Waals surface area contributed by atoms with E-state index in [0.29, 0.717) is 24.1 Å². The highest BCUT2D eigenvalue weighted by atomic mass is 32.2. The zero-order valence-corrected chi connectivity index (χ0v) is 13.9. The molecule has 2 amide bonds. The molecule has 3 rings (SSSR count). The second-order valence-electron chi connectivity index (χ2n) is 5.44. The highest BCUT2D eigenvalue weighted by Crippen LogP contribution is 2.23. The lowest BCUT2D eigenvalue weighted by molar-refractivity contribution is 0.0655. The zero-order valence-electron chi connectivity index (χ0n) is 13.1. The Labute approximate surface area is 139 Å². The number of benzene rings is 1. The molecule has 0 aliphatic carbocycles. The minimum absolute atomic E-state index is 0.196. The highest BCUT2D eigenvalue weighted by molar-refractivity contribution is 7.99. The summed E-state index contributed by atoms with van der Waals surface area (Å²) in [7, 11) is 0. The molecular weight excluding hydrogens is 310 g/mol. The second-order valence-corrected chi connectivity index (χ2v) is 6.50. The SMILES string of the molecule is Cc1cc(C)nc(SCCCN2C(=O)c3ccccc3C2=O)n1. The van der Waals surface area contributed by atoms with Crippen molar-refractivity contribution in [3.05, 3.63) is 52.8 Å². The molecule has 0 fully saturated rings. The van der Waals surface area contributed by atoms with Crippen LogP contribution in [0.4, 0.5) is 0 Å². The number of rotatable bonds is 5. The van der Waals surface area contributed by atoms with Crippen molar-refractivity contribution in [1.82, 2.24) is 14.9 Å². The van der Waals surface area contributed by atoms with Crippen molar-refractivity contribution in [2.45, 2.75) is 25.4 Å². The summed E-state index contributed by atoms with van der Waals surface area (Å²) in [6, 6.07) is 8.89. The summed E-state index contributed by atoms with van der Waals surface area (Å²) in [6.07, 6.45) is 0.715. The first-order valence-corrected chi connectivity index (χ1v) is 8.45. The van der Waals surface area contributed by atoms with E-state index in [1.807, 2.05) is 19.9 Å². The number of amides is 2. The van der Waals surface area contributed by atoms with Gasteiger partial charge < -0.3 is 0 Å². The van der Waals surface area contributed by atoms with Gasteiger partial charge in [0.25, 0.3) is 11.8 Å². The summed E-state index contributed by atoms with van der Waals surface area (Å²) in [4.78, 5) is 34.5. The van der Waals surface area contributed by atoms with Crippen molar-refractivity contribution in [3.8, 4) is 0 Å². The standard InChI is InChI=1S/C17H17N3O2S/c1-11-10-12(2)19-17(18-11)23-9-5-8-20-15(21)13-6-3-4-7-14(13)16(20)22/h3-4,6-7,10H,5,8-9H2,1-2H3. The summed E-state index contributed by atoms with van der Waals surface area (Å²) in [5, 5.41) is 0.741. The van der Waals surface area contributed by atoms with Crippen LogP contribution in [0.25, 0.3) is 0 Å². The molecule has 1 aliphatic rings. The van der Waals surface area contributed by atoms with Crippen LogP contribution in [0.3, 0.4) is 0 Å². The average molecular weight is 327 g/mol. The van der Waals surface area contributed by atoms with Gasteiger partial charge in [-0.2, -0.15) is 0 Å². The number of fused-ring (bicyclic) bond motifs is 1. The van der Waals surface area contributed by atoms with Crippen LogP contribution in [0.1, 0.15) is 38.5 Å². The van der Waals surface area contributed by atoms with Gasteiger partial charge in [0.15, 0.2) is 5.16 Å². The molecule has 118 valence electrons. The minimum Gasteiger partial charge on any atom is -0.274 e. The molecule has 23 heavy (non-hydrogen) atoms. The van der Waals surface area contributed by atoms with E-state index in [2.05, 4.69) is 9.97 Å². The van der Waals surface area contributed by atoms with Crippen molar-refractivity contribution >= 4 is 23.6 Å². The molecule has 0 saturated heterocycles. The van der Waals surface area contributed by atoms with Crippen molar-refractivity contribution < 1.29 is 9.59 Å². The summed E-state index contributed by atoms with van der Waals surface area (Å²) in [5.41, 5.74) is 2.89. The molecule has 0 atom stereocenters. The number of hydrogen-bond acceptors (Lipinski definition) is 5. The van der Waals surface area contributed by atoms with Gasteiger partial charge >= 0.3 is 0 Å². The fourth-order valence-electron chi connectivity index (χ4n) is 2.59. The van der Waals surface area contributed by atoms with Crippen LogP contribution in [0.2, 0.25) is 0 Å². The van der Waals surface area contributed by atoms with Gasteiger partial charge in [-0.25, -0.2) is 9.97 Å². The van der Waals surface area contributed by atoms with Crippen LogP contribution in [0.5, 0.6) is 0 Å². The maximum absolute atomic E-state index is 12.2. The molecule has 6 heteroatoms. The molecule has 2 aromatic rings. The van der Waals surface area contributed by atoms with Crippen LogP contribution < -0.4 is 0 Å². The van der Waals surface area contributed by atoms with Gasteiger partial charge in [-0.05, 0) is 38.5 Å². The first-order valence-electron chi connectivity index (χ1n) is 7.46. The number of aryl methyl sites for hydroxylation is 2. The van der Waals surface area contributed by atoms with E-state index < -0.39 is 0 Å². The van der Waals surface area contributed by atoms with Gasteiger partial charge in [-0.1, -0.05) is 23.9 Å². The highest BCUT2D eigenvalue weighted by Gasteiger charge is 2.34. The van der Waals surface area contributed by atoms with E-state index in [1.54, 1.807) is 36.0 Å². The third-order valence-electron chi connectivity index (χ3n) is 3.60. The Balaban J connectivity index is 1.56. The monoisotopic (exact) mass is 327 g/mol. The van der Waals surface area contributed by atoms with E-state index in [0.717, 1.165) is 22.3 Å². The predicted molar refractivity (Wildman–Crippen MR) is 88.7 cm³/mol. The quantitative estimate of drug-likeness (QED) is 0.366. The normalized spacial score (nSPS) is 13.6. The smallest absolute Gasteiger partial charge is 0.261 e. The Morgan fingerprint density at radius 1 is 1.00 bits per heavy atom. The molecule has 1 aliphatic heterocycles. The number of carbonyl (C=O) groups is 2. The van der Waals surface area contributed by atoms with Gasteiger partial charge in [0.1, 0.15) is 0 Å². The largest absolute Gasteiger partial charge is 0.274 e. The third-order valence-corrected chi connectivity index (χ3v) is 4.53. The zero-order chi connectivity index (χ0) is 16.4. The number of nitrogens with zero attached hydrogens (tertiary/aromatic N) is 3. The molecule has 5 nitrogen and oxygen atoms in total. The van der Waals surface area contributed by atoms with E-state index in [9.17, 15) is 9.59 Å². The lowest BCUT2D eigenvalue weighted by Crippen LogP contribution is -2.31. The van der Waals surface area contributed by atoms with Crippen molar-refractivity contribution in [3.63, 3.8) is 0 Å². The summed E-state index contributed by atoms with van der Waals surface area (Å²) in [5.74, 6) is 0.368. The molecule has 0 N–H and O–H groups in total. The molecule has 0 saturated carbocycles. The summed E-state index contributed by atoms with van der Waals surface area (Å²) >= 11 is 1.55. The van der Waals surface area contributed by atoms with Crippen LogP contribution in [0, 0.1) is 13.8 Å². The number of aromatic nitrogens is 2. The Bertz CT molecular complexity index is 721. The summed E-state index contributed by atoms with van der Waals surface area (Å²) in [6.45, 7) is 4.30. The topological polar surface area (TPSA) is 63.2 Å². The van der Waals surface area contributed by atoms with E-state index in [1.165, 1.54) is 4.90 Å². The Kier molecular flexibility index (Phi) is 4.43. The summed E-state index contributed by atoms with van der Waals surface area (Å²) < 4.78 is 0. The van der Waals surface area contributed by atoms with Crippen molar-refractivity contribution in [1.29, 1.82) is 0 Å². The maximum atomic E-state index is 12.2. The van der Waals surface area contributed by atoms with E-state index >= 15 is 0 Å². The Morgan fingerprint density at radius 3 is 2.13 bits per heavy atom. The number of thioether (sulfide) groups is 1. The minimum atomic E-state index is -0.196. The molecule has 0 unspecified atom stereocenters. The van der Waals surface area contributed by atoms with Crippen LogP contribution >= 0.6 is 11.8 Å². The van der Waals surface area contributed by atoms with Gasteiger partial charge in [-0.15, -0.1) is 0 Å².